The van der Waals surface area contributed by atoms with Crippen molar-refractivity contribution >= 4 is 0 Å². The Hall–Kier alpha value is -0.980. The second-order valence-electron chi connectivity index (χ2n) is 3.01. The summed E-state index contributed by atoms with van der Waals surface area (Å²) in [5.41, 5.74) is 7.56. The van der Waals surface area contributed by atoms with Gasteiger partial charge in [-0.25, -0.2) is 0 Å². The third kappa shape index (κ3) is 13.9. The average molecular weight is 181 g/mol. The molecule has 1 heteroatoms. The minimum absolute atomic E-state index is 0.786. The third-order valence-electron chi connectivity index (χ3n) is 1.63. The average Bonchev–Trinajstić information content (AvgIpc) is 2.08. The van der Waals surface area contributed by atoms with Crippen molar-refractivity contribution in [2.75, 3.05) is 0 Å². The molecule has 0 aliphatic carbocycles. The molecule has 0 saturated heterocycles. The maximum absolute atomic E-state index is 5.43. The van der Waals surface area contributed by atoms with Crippen molar-refractivity contribution in [1.82, 2.24) is 0 Å². The zero-order valence-corrected chi connectivity index (χ0v) is 8.94. The monoisotopic (exact) mass is 181 g/mol. The molecule has 1 nitrogen and oxygen atoms in total. The van der Waals surface area contributed by atoms with Gasteiger partial charge in [-0.15, -0.1) is 13.2 Å². The molecule has 0 aromatic carbocycles. The van der Waals surface area contributed by atoms with Crippen LogP contribution in [0.25, 0.3) is 0 Å². The summed E-state index contributed by atoms with van der Waals surface area (Å²) in [4.78, 5) is 0. The van der Waals surface area contributed by atoms with Gasteiger partial charge in [0.1, 0.15) is 0 Å². The van der Waals surface area contributed by atoms with Gasteiger partial charge in [0, 0.05) is 5.70 Å². The van der Waals surface area contributed by atoms with E-state index in [1.165, 1.54) is 12.0 Å². The molecule has 0 heterocycles. The minimum atomic E-state index is 0.786. The van der Waals surface area contributed by atoms with E-state index in [9.17, 15) is 0 Å². The number of hydrogen-bond donors (Lipinski definition) is 1. The van der Waals surface area contributed by atoms with Gasteiger partial charge in [0.25, 0.3) is 0 Å². The summed E-state index contributed by atoms with van der Waals surface area (Å²) in [5.74, 6) is 0. The Morgan fingerprint density at radius 2 is 1.62 bits per heavy atom. The van der Waals surface area contributed by atoms with E-state index < -0.39 is 0 Å². The molecule has 0 atom stereocenters. The van der Waals surface area contributed by atoms with Gasteiger partial charge in [-0.2, -0.15) is 0 Å². The number of rotatable bonds is 6. The van der Waals surface area contributed by atoms with Crippen LogP contribution in [0.3, 0.4) is 0 Å². The van der Waals surface area contributed by atoms with Crippen LogP contribution in [-0.2, 0) is 0 Å². The Balaban J connectivity index is 0. The molecule has 0 spiro atoms. The van der Waals surface area contributed by atoms with Gasteiger partial charge < -0.3 is 5.73 Å². The van der Waals surface area contributed by atoms with Crippen LogP contribution in [0.2, 0.25) is 0 Å². The van der Waals surface area contributed by atoms with Crippen molar-refractivity contribution < 1.29 is 0 Å². The first-order chi connectivity index (χ1) is 6.16. The maximum Gasteiger partial charge on any atom is 0.000755 e. The molecule has 0 aliphatic rings. The van der Waals surface area contributed by atoms with Gasteiger partial charge in [0.15, 0.2) is 0 Å². The molecular formula is C12H23N. The summed E-state index contributed by atoms with van der Waals surface area (Å²) < 4.78 is 0. The lowest BCUT2D eigenvalue weighted by Gasteiger charge is -2.02. The van der Waals surface area contributed by atoms with Gasteiger partial charge in [-0.3, -0.25) is 0 Å². The zero-order valence-electron chi connectivity index (χ0n) is 8.94. The smallest absolute Gasteiger partial charge is 0.000755 e. The van der Waals surface area contributed by atoms with Crippen molar-refractivity contribution in [3.63, 3.8) is 0 Å². The van der Waals surface area contributed by atoms with E-state index in [2.05, 4.69) is 33.2 Å². The summed E-state index contributed by atoms with van der Waals surface area (Å²) >= 11 is 0. The van der Waals surface area contributed by atoms with E-state index in [4.69, 9.17) is 5.73 Å². The second kappa shape index (κ2) is 11.0. The summed E-state index contributed by atoms with van der Waals surface area (Å²) in [6.45, 7) is 15.8. The molecule has 0 bridgehead atoms. The number of allylic oxidation sites excluding steroid dienone is 2. The molecule has 0 saturated carbocycles. The fourth-order valence-corrected chi connectivity index (χ4v) is 1.04. The Bertz CT molecular complexity index is 147. The first kappa shape index (κ1) is 14.5. The molecule has 0 aromatic heterocycles. The molecule has 0 aliphatic heterocycles. The van der Waals surface area contributed by atoms with Crippen LogP contribution in [0.15, 0.2) is 37.6 Å². The van der Waals surface area contributed by atoms with Crippen LogP contribution < -0.4 is 5.73 Å². The first-order valence-corrected chi connectivity index (χ1v) is 4.76. The van der Waals surface area contributed by atoms with E-state index in [0.717, 1.165) is 31.4 Å². The highest BCUT2D eigenvalue weighted by Crippen LogP contribution is 2.11. The molecule has 2 N–H and O–H groups in total. The van der Waals surface area contributed by atoms with Crippen molar-refractivity contribution in [2.24, 2.45) is 5.73 Å². The Morgan fingerprint density at radius 3 is 2.00 bits per heavy atom. The lowest BCUT2D eigenvalue weighted by atomic mass is 10.1. The first-order valence-electron chi connectivity index (χ1n) is 4.76. The maximum atomic E-state index is 5.43. The quantitative estimate of drug-likeness (QED) is 0.620. The molecule has 0 aromatic rings. The normalized spacial score (nSPS) is 8.38. The highest BCUT2D eigenvalue weighted by molar-refractivity contribution is 4.95. The van der Waals surface area contributed by atoms with Gasteiger partial charge in [-0.05, 0) is 25.7 Å². The van der Waals surface area contributed by atoms with Crippen molar-refractivity contribution in [1.29, 1.82) is 0 Å². The minimum Gasteiger partial charge on any atom is -0.403 e. The van der Waals surface area contributed by atoms with Gasteiger partial charge in [0.2, 0.25) is 0 Å². The van der Waals surface area contributed by atoms with Crippen LogP contribution in [0.1, 0.15) is 39.0 Å². The highest BCUT2D eigenvalue weighted by atomic mass is 14.5. The van der Waals surface area contributed by atoms with Crippen molar-refractivity contribution in [3.8, 4) is 0 Å². The van der Waals surface area contributed by atoms with E-state index in [1.54, 1.807) is 0 Å². The summed E-state index contributed by atoms with van der Waals surface area (Å²) in [6.07, 6.45) is 5.49. The molecule has 0 radical (unpaired) electrons. The van der Waals surface area contributed by atoms with Crippen LogP contribution in [0, 0.1) is 0 Å². The van der Waals surface area contributed by atoms with Crippen LogP contribution in [0.4, 0.5) is 0 Å². The number of hydrogen-bond acceptors (Lipinski definition) is 1. The summed E-state index contributed by atoms with van der Waals surface area (Å²) in [5, 5.41) is 0. The standard InChI is InChI=1S/C10H19N.C2H4/c1-4-6-9(2)7-5-8-10(3)11;1-2/h2-8,11H2,1H3;1-2H2. The van der Waals surface area contributed by atoms with Gasteiger partial charge in [0.05, 0.1) is 0 Å². The Morgan fingerprint density at radius 1 is 1.08 bits per heavy atom. The lowest BCUT2D eigenvalue weighted by Crippen LogP contribution is -1.94. The molecule has 0 fully saturated rings. The van der Waals surface area contributed by atoms with E-state index in [1.807, 2.05) is 0 Å². The summed E-state index contributed by atoms with van der Waals surface area (Å²) in [7, 11) is 0. The fourth-order valence-electron chi connectivity index (χ4n) is 1.04. The Kier molecular flexibility index (Phi) is 12.3. The SMILES string of the molecule is C=C.C=C(N)CCCC(=C)CCC. The van der Waals surface area contributed by atoms with Crippen LogP contribution in [0.5, 0.6) is 0 Å². The Labute approximate surface area is 83.0 Å². The van der Waals surface area contributed by atoms with E-state index in [0.29, 0.717) is 0 Å². The zero-order chi connectivity index (χ0) is 10.7. The molecule has 0 amide bonds. The topological polar surface area (TPSA) is 26.0 Å². The largest absolute Gasteiger partial charge is 0.403 e. The fraction of sp³-hybridized carbons (Fsp3) is 0.500. The van der Waals surface area contributed by atoms with Gasteiger partial charge >= 0.3 is 0 Å². The molecule has 0 unspecified atom stereocenters. The highest BCUT2D eigenvalue weighted by Gasteiger charge is 1.93. The van der Waals surface area contributed by atoms with Crippen molar-refractivity contribution in [3.05, 3.63) is 37.6 Å². The predicted molar refractivity (Wildman–Crippen MR) is 62.5 cm³/mol. The predicted octanol–water partition coefficient (Wildman–Crippen LogP) is 3.79. The van der Waals surface area contributed by atoms with E-state index in [-0.39, 0.29) is 0 Å². The molecule has 13 heavy (non-hydrogen) atoms. The van der Waals surface area contributed by atoms with E-state index >= 15 is 0 Å². The van der Waals surface area contributed by atoms with Crippen molar-refractivity contribution in [2.45, 2.75) is 39.0 Å². The van der Waals surface area contributed by atoms with Crippen LogP contribution in [-0.4, -0.2) is 0 Å². The van der Waals surface area contributed by atoms with Crippen LogP contribution >= 0.6 is 0 Å². The summed E-state index contributed by atoms with van der Waals surface area (Å²) in [6, 6.07) is 0. The third-order valence-corrected chi connectivity index (χ3v) is 1.63. The lowest BCUT2D eigenvalue weighted by molar-refractivity contribution is 0.754. The number of nitrogens with two attached hydrogens (primary N) is 1. The second-order valence-corrected chi connectivity index (χ2v) is 3.01. The molecular weight excluding hydrogens is 158 g/mol. The molecule has 76 valence electrons. The molecule has 0 rings (SSSR count). The van der Waals surface area contributed by atoms with Gasteiger partial charge in [-0.1, -0.05) is 32.1 Å².